The molecule has 0 radical (unpaired) electrons. The van der Waals surface area contributed by atoms with Crippen LogP contribution in [0.15, 0.2) is 71.6 Å². The molecule has 0 unspecified atom stereocenters. The number of nitrogens with zero attached hydrogens (tertiary/aromatic N) is 2. The SMILES string of the molecule is Cc1ccc(S(=O)(=O)N(CC(=O)N(Cc2ccc(Cl)c(Cl)c2)[C@@H](C)C(=O)NC(C)C)c2ccccc2C)cc1. The molecule has 2 amide bonds. The van der Waals surface area contributed by atoms with Gasteiger partial charge in [-0.1, -0.05) is 65.2 Å². The van der Waals surface area contributed by atoms with E-state index in [1.165, 1.54) is 17.0 Å². The van der Waals surface area contributed by atoms with Crippen molar-refractivity contribution >= 4 is 50.7 Å². The summed E-state index contributed by atoms with van der Waals surface area (Å²) in [4.78, 5) is 28.3. The van der Waals surface area contributed by atoms with Crippen LogP contribution in [0.2, 0.25) is 10.0 Å². The van der Waals surface area contributed by atoms with Crippen LogP contribution in [0.1, 0.15) is 37.5 Å². The lowest BCUT2D eigenvalue weighted by Gasteiger charge is -2.32. The Kier molecular flexibility index (Phi) is 10.0. The fraction of sp³-hybridized carbons (Fsp3) is 0.310. The third-order valence-corrected chi connectivity index (χ3v) is 8.72. The summed E-state index contributed by atoms with van der Waals surface area (Å²) in [5.41, 5.74) is 2.61. The molecule has 0 bridgehead atoms. The number of nitrogens with one attached hydrogen (secondary N) is 1. The van der Waals surface area contributed by atoms with Gasteiger partial charge >= 0.3 is 0 Å². The number of para-hydroxylation sites is 1. The first kappa shape index (κ1) is 30.5. The molecular formula is C29H33Cl2N3O4S. The van der Waals surface area contributed by atoms with Gasteiger partial charge in [-0.05, 0) is 76.1 Å². The largest absolute Gasteiger partial charge is 0.352 e. The maximum Gasteiger partial charge on any atom is 0.264 e. The molecule has 7 nitrogen and oxygen atoms in total. The van der Waals surface area contributed by atoms with E-state index in [0.29, 0.717) is 26.9 Å². The molecule has 208 valence electrons. The number of halogens is 2. The lowest BCUT2D eigenvalue weighted by molar-refractivity contribution is -0.139. The first-order chi connectivity index (χ1) is 18.3. The molecular weight excluding hydrogens is 557 g/mol. The van der Waals surface area contributed by atoms with Crippen molar-refractivity contribution in [1.29, 1.82) is 0 Å². The Morgan fingerprint density at radius 1 is 0.897 bits per heavy atom. The Labute approximate surface area is 240 Å². The van der Waals surface area contributed by atoms with Crippen LogP contribution in [0.5, 0.6) is 0 Å². The van der Waals surface area contributed by atoms with Gasteiger partial charge in [0.1, 0.15) is 12.6 Å². The number of aryl methyl sites for hydroxylation is 2. The summed E-state index contributed by atoms with van der Waals surface area (Å²) in [6.07, 6.45) is 0. The third kappa shape index (κ3) is 7.53. The summed E-state index contributed by atoms with van der Waals surface area (Å²) in [7, 11) is -4.13. The molecule has 0 saturated heterocycles. The van der Waals surface area contributed by atoms with E-state index in [1.807, 2.05) is 20.8 Å². The van der Waals surface area contributed by atoms with Crippen molar-refractivity contribution in [2.75, 3.05) is 10.8 Å². The van der Waals surface area contributed by atoms with Gasteiger partial charge in [-0.15, -0.1) is 0 Å². The Hall–Kier alpha value is -3.07. The second-order valence-corrected chi connectivity index (χ2v) is 12.4. The minimum absolute atomic E-state index is 0.0224. The number of rotatable bonds is 10. The Morgan fingerprint density at radius 2 is 1.54 bits per heavy atom. The van der Waals surface area contributed by atoms with Crippen molar-refractivity contribution in [3.8, 4) is 0 Å². The van der Waals surface area contributed by atoms with Crippen LogP contribution in [0.4, 0.5) is 5.69 Å². The van der Waals surface area contributed by atoms with Crippen molar-refractivity contribution in [3.05, 3.63) is 93.5 Å². The quantitative estimate of drug-likeness (QED) is 0.326. The molecule has 0 heterocycles. The topological polar surface area (TPSA) is 86.8 Å². The summed E-state index contributed by atoms with van der Waals surface area (Å²) in [6.45, 7) is 8.41. The highest BCUT2D eigenvalue weighted by atomic mass is 35.5. The molecule has 10 heteroatoms. The zero-order valence-electron chi connectivity index (χ0n) is 22.6. The molecule has 0 aromatic heterocycles. The van der Waals surface area contributed by atoms with Gasteiger partial charge in [0.25, 0.3) is 10.0 Å². The normalized spacial score (nSPS) is 12.2. The molecule has 0 aliphatic carbocycles. The van der Waals surface area contributed by atoms with E-state index in [1.54, 1.807) is 68.4 Å². The zero-order chi connectivity index (χ0) is 28.9. The zero-order valence-corrected chi connectivity index (χ0v) is 24.9. The summed E-state index contributed by atoms with van der Waals surface area (Å²) < 4.78 is 28.9. The summed E-state index contributed by atoms with van der Waals surface area (Å²) in [5.74, 6) is -0.909. The average Bonchev–Trinajstić information content (AvgIpc) is 2.87. The predicted octanol–water partition coefficient (Wildman–Crippen LogP) is 5.75. The van der Waals surface area contributed by atoms with E-state index in [9.17, 15) is 18.0 Å². The van der Waals surface area contributed by atoms with E-state index in [4.69, 9.17) is 23.2 Å². The van der Waals surface area contributed by atoms with E-state index >= 15 is 0 Å². The molecule has 39 heavy (non-hydrogen) atoms. The van der Waals surface area contributed by atoms with Gasteiger partial charge in [-0.2, -0.15) is 0 Å². The van der Waals surface area contributed by atoms with Crippen LogP contribution in [0.25, 0.3) is 0 Å². The van der Waals surface area contributed by atoms with Crippen LogP contribution in [-0.4, -0.2) is 43.8 Å². The average molecular weight is 591 g/mol. The summed E-state index contributed by atoms with van der Waals surface area (Å²) in [6, 6.07) is 17.3. The van der Waals surface area contributed by atoms with E-state index in [-0.39, 0.29) is 23.4 Å². The van der Waals surface area contributed by atoms with Crippen LogP contribution >= 0.6 is 23.2 Å². The van der Waals surface area contributed by atoms with Gasteiger partial charge in [0.15, 0.2) is 0 Å². The molecule has 3 rings (SSSR count). The van der Waals surface area contributed by atoms with Crippen LogP contribution in [0.3, 0.4) is 0 Å². The molecule has 1 N–H and O–H groups in total. The maximum atomic E-state index is 13.9. The first-order valence-corrected chi connectivity index (χ1v) is 14.7. The highest BCUT2D eigenvalue weighted by Crippen LogP contribution is 2.28. The van der Waals surface area contributed by atoms with Gasteiger partial charge in [0, 0.05) is 12.6 Å². The minimum Gasteiger partial charge on any atom is -0.352 e. The second kappa shape index (κ2) is 12.9. The van der Waals surface area contributed by atoms with Crippen molar-refractivity contribution in [3.63, 3.8) is 0 Å². The second-order valence-electron chi connectivity index (χ2n) is 9.72. The fourth-order valence-corrected chi connectivity index (χ4v) is 5.82. The number of sulfonamides is 1. The molecule has 0 fully saturated rings. The number of carbonyl (C=O) groups excluding carboxylic acids is 2. The van der Waals surface area contributed by atoms with Gasteiger partial charge < -0.3 is 10.2 Å². The van der Waals surface area contributed by atoms with Crippen molar-refractivity contribution in [2.45, 2.75) is 58.1 Å². The van der Waals surface area contributed by atoms with Crippen LogP contribution in [-0.2, 0) is 26.2 Å². The highest BCUT2D eigenvalue weighted by molar-refractivity contribution is 7.92. The number of hydrogen-bond donors (Lipinski definition) is 1. The number of carbonyl (C=O) groups is 2. The number of benzene rings is 3. The lowest BCUT2D eigenvalue weighted by atomic mass is 10.1. The summed E-state index contributed by atoms with van der Waals surface area (Å²) in [5, 5.41) is 3.50. The highest BCUT2D eigenvalue weighted by Gasteiger charge is 2.33. The van der Waals surface area contributed by atoms with Gasteiger partial charge in [-0.3, -0.25) is 13.9 Å². The fourth-order valence-electron chi connectivity index (χ4n) is 4.02. The van der Waals surface area contributed by atoms with Crippen molar-refractivity contribution in [1.82, 2.24) is 10.2 Å². The minimum atomic E-state index is -4.13. The van der Waals surface area contributed by atoms with E-state index in [0.717, 1.165) is 9.87 Å². The maximum absolute atomic E-state index is 13.9. The van der Waals surface area contributed by atoms with Crippen molar-refractivity contribution in [2.24, 2.45) is 0 Å². The molecule has 0 aliphatic heterocycles. The molecule has 3 aromatic carbocycles. The van der Waals surface area contributed by atoms with Gasteiger partial charge in [0.2, 0.25) is 11.8 Å². The van der Waals surface area contributed by atoms with E-state index < -0.39 is 28.5 Å². The van der Waals surface area contributed by atoms with Crippen LogP contribution < -0.4 is 9.62 Å². The molecule has 0 aliphatic rings. The number of anilines is 1. The van der Waals surface area contributed by atoms with Gasteiger partial charge in [-0.25, -0.2) is 8.42 Å². The predicted molar refractivity (Wildman–Crippen MR) is 157 cm³/mol. The molecule has 3 aromatic rings. The standard InChI is InChI=1S/C29H33Cl2N3O4S/c1-19(2)32-29(36)22(5)33(17-23-12-15-25(30)26(31)16-23)28(35)18-34(27-9-7-6-8-21(27)4)39(37,38)24-13-10-20(3)11-14-24/h6-16,19,22H,17-18H2,1-5H3,(H,32,36)/t22-/m0/s1. The third-order valence-electron chi connectivity index (χ3n) is 6.21. The Balaban J connectivity index is 2.05. The lowest BCUT2D eigenvalue weighted by Crippen LogP contribution is -2.52. The molecule has 0 saturated carbocycles. The first-order valence-electron chi connectivity index (χ1n) is 12.5. The van der Waals surface area contributed by atoms with Crippen molar-refractivity contribution < 1.29 is 18.0 Å². The number of hydrogen-bond acceptors (Lipinski definition) is 4. The Morgan fingerprint density at radius 3 is 2.13 bits per heavy atom. The molecule has 0 spiro atoms. The summed E-state index contributed by atoms with van der Waals surface area (Å²) >= 11 is 12.3. The van der Waals surface area contributed by atoms with Gasteiger partial charge in [0.05, 0.1) is 20.6 Å². The van der Waals surface area contributed by atoms with E-state index in [2.05, 4.69) is 5.32 Å². The molecule has 1 atom stereocenters. The monoisotopic (exact) mass is 589 g/mol. The smallest absolute Gasteiger partial charge is 0.264 e. The number of amides is 2. The van der Waals surface area contributed by atoms with Crippen LogP contribution in [0, 0.1) is 13.8 Å². The Bertz CT molecular complexity index is 1440.